The Hall–Kier alpha value is -3.71. The molecule has 0 unspecified atom stereocenters. The highest BCUT2D eigenvalue weighted by Gasteiger charge is 2.28. The first-order valence-electron chi connectivity index (χ1n) is 12.3. The summed E-state index contributed by atoms with van der Waals surface area (Å²) in [5, 5.41) is 15.6. The van der Waals surface area contributed by atoms with Crippen molar-refractivity contribution in [3.8, 4) is 0 Å². The molecule has 3 rings (SSSR count). The van der Waals surface area contributed by atoms with Crippen LogP contribution in [0, 0.1) is 23.4 Å². The van der Waals surface area contributed by atoms with Crippen molar-refractivity contribution in [2.45, 2.75) is 37.5 Å². The molecule has 1 aliphatic heterocycles. The Morgan fingerprint density at radius 3 is 2.05 bits per heavy atom. The van der Waals surface area contributed by atoms with E-state index in [4.69, 9.17) is 15.9 Å². The van der Waals surface area contributed by atoms with Crippen LogP contribution in [0.4, 0.5) is 13.2 Å². The van der Waals surface area contributed by atoms with E-state index in [-0.39, 0.29) is 41.7 Å². The second-order valence-corrected chi connectivity index (χ2v) is 11.5. The fraction of sp³-hybridized carbons (Fsp3) is 0.370. The Morgan fingerprint density at radius 1 is 0.950 bits per heavy atom. The molecule has 2 aromatic carbocycles. The molecule has 4 N–H and O–H groups in total. The lowest BCUT2D eigenvalue weighted by Crippen LogP contribution is -2.44. The number of carboxylic acid groups (broad SMARTS) is 2. The highest BCUT2D eigenvalue weighted by Crippen LogP contribution is 2.24. The summed E-state index contributed by atoms with van der Waals surface area (Å²) in [6.07, 6.45) is 2.26. The van der Waals surface area contributed by atoms with Crippen LogP contribution >= 0.6 is 0 Å². The van der Waals surface area contributed by atoms with Gasteiger partial charge in [-0.1, -0.05) is 30.3 Å². The maximum absolute atomic E-state index is 13.9. The molecule has 13 heteroatoms. The van der Waals surface area contributed by atoms with Gasteiger partial charge in [0.15, 0.2) is 21.5 Å². The molecule has 0 aromatic heterocycles. The molecule has 218 valence electrons. The molecular formula is C27H31F3N2O7S. The van der Waals surface area contributed by atoms with E-state index in [1.165, 1.54) is 0 Å². The summed E-state index contributed by atoms with van der Waals surface area (Å²) in [5.41, 5.74) is 6.90. The monoisotopic (exact) mass is 584 g/mol. The van der Waals surface area contributed by atoms with Crippen molar-refractivity contribution >= 4 is 27.7 Å². The van der Waals surface area contributed by atoms with Crippen LogP contribution < -0.4 is 5.73 Å². The number of benzene rings is 2. The van der Waals surface area contributed by atoms with Crippen molar-refractivity contribution in [3.63, 3.8) is 0 Å². The van der Waals surface area contributed by atoms with E-state index in [9.17, 15) is 36.0 Å². The Morgan fingerprint density at radius 2 is 1.50 bits per heavy atom. The lowest BCUT2D eigenvalue weighted by molar-refractivity contribution is -0.134. The van der Waals surface area contributed by atoms with Crippen LogP contribution in [0.2, 0.25) is 0 Å². The number of hydrogen-bond donors (Lipinski definition) is 3. The number of hydrogen-bond acceptors (Lipinski definition) is 6. The number of rotatable bonds is 10. The molecule has 40 heavy (non-hydrogen) atoms. The summed E-state index contributed by atoms with van der Waals surface area (Å²) in [6.45, 7) is 0.854. The van der Waals surface area contributed by atoms with Gasteiger partial charge in [0.25, 0.3) is 0 Å². The van der Waals surface area contributed by atoms with E-state index in [1.54, 1.807) is 29.2 Å². The van der Waals surface area contributed by atoms with Crippen molar-refractivity contribution in [2.75, 3.05) is 18.8 Å². The average Bonchev–Trinajstić information content (AvgIpc) is 2.90. The van der Waals surface area contributed by atoms with E-state index in [2.05, 4.69) is 0 Å². The fourth-order valence-electron chi connectivity index (χ4n) is 4.16. The summed E-state index contributed by atoms with van der Waals surface area (Å²) in [7, 11) is -3.40. The molecule has 1 saturated heterocycles. The molecule has 1 heterocycles. The molecule has 0 spiro atoms. The van der Waals surface area contributed by atoms with Crippen LogP contribution in [-0.4, -0.2) is 66.3 Å². The number of halogens is 3. The highest BCUT2D eigenvalue weighted by atomic mass is 32.2. The number of carbonyl (C=O) groups is 3. The molecule has 0 bridgehead atoms. The Kier molecular flexibility index (Phi) is 12.3. The topological polar surface area (TPSA) is 155 Å². The van der Waals surface area contributed by atoms with Crippen LogP contribution in [0.5, 0.6) is 0 Å². The molecule has 9 nitrogen and oxygen atoms in total. The molecule has 0 radical (unpaired) electrons. The lowest BCUT2D eigenvalue weighted by atomic mass is 9.86. The van der Waals surface area contributed by atoms with Crippen molar-refractivity contribution in [1.82, 2.24) is 4.90 Å². The number of amides is 1. The second kappa shape index (κ2) is 15.2. The second-order valence-electron chi connectivity index (χ2n) is 9.28. The van der Waals surface area contributed by atoms with Gasteiger partial charge >= 0.3 is 11.9 Å². The highest BCUT2D eigenvalue weighted by molar-refractivity contribution is 7.90. The number of nitrogens with two attached hydrogens (primary N) is 1. The number of likely N-dealkylation sites (tertiary alicyclic amines) is 1. The molecule has 0 aliphatic carbocycles. The molecule has 2 aromatic rings. The normalized spacial score (nSPS) is 14.8. The Balaban J connectivity index is 0.000000611. The van der Waals surface area contributed by atoms with E-state index < -0.39 is 45.3 Å². The van der Waals surface area contributed by atoms with Gasteiger partial charge in [0.2, 0.25) is 5.91 Å². The van der Waals surface area contributed by atoms with E-state index in [0.29, 0.717) is 49.7 Å². The van der Waals surface area contributed by atoms with Gasteiger partial charge in [0.05, 0.1) is 11.5 Å². The van der Waals surface area contributed by atoms with E-state index in [1.807, 2.05) is 6.07 Å². The first-order valence-corrected chi connectivity index (χ1v) is 14.1. The standard InChI is InChI=1S/C23H27F3N2O3S.C4H4O4/c24-19-14-21(26)20(25)12-18(19)13-22(27)17-6-9-28(10-7-17)23(29)8-11-32(30,31)15-16-4-2-1-3-5-16;5-3(6)1-2-4(7)8/h1-5,12,14,17,22H,6-11,13,15,27H2;1-2H,(H,5,6)(H,7,8)/t22-;/m1./s1. The van der Waals surface area contributed by atoms with Crippen molar-refractivity contribution in [3.05, 3.63) is 83.2 Å². The van der Waals surface area contributed by atoms with Crippen molar-refractivity contribution < 1.29 is 46.2 Å². The van der Waals surface area contributed by atoms with Crippen LogP contribution in [0.3, 0.4) is 0 Å². The summed E-state index contributed by atoms with van der Waals surface area (Å²) in [5.74, 6) is -6.24. The predicted molar refractivity (Wildman–Crippen MR) is 140 cm³/mol. The third-order valence-corrected chi connectivity index (χ3v) is 7.87. The third kappa shape index (κ3) is 11.2. The van der Waals surface area contributed by atoms with Gasteiger partial charge in [-0.2, -0.15) is 0 Å². The maximum atomic E-state index is 13.9. The van der Waals surface area contributed by atoms with Gasteiger partial charge in [0.1, 0.15) is 5.82 Å². The summed E-state index contributed by atoms with van der Waals surface area (Å²) < 4.78 is 65.0. The molecule has 1 amide bonds. The summed E-state index contributed by atoms with van der Waals surface area (Å²) >= 11 is 0. The zero-order valence-corrected chi connectivity index (χ0v) is 22.3. The number of carbonyl (C=O) groups excluding carboxylic acids is 1. The minimum Gasteiger partial charge on any atom is -0.478 e. The van der Waals surface area contributed by atoms with Crippen molar-refractivity contribution in [1.29, 1.82) is 0 Å². The Labute approximate surface area is 230 Å². The van der Waals surface area contributed by atoms with Crippen LogP contribution in [0.15, 0.2) is 54.6 Å². The van der Waals surface area contributed by atoms with Gasteiger partial charge < -0.3 is 20.8 Å². The van der Waals surface area contributed by atoms with E-state index in [0.717, 1.165) is 6.07 Å². The maximum Gasteiger partial charge on any atom is 0.328 e. The molecule has 1 atom stereocenters. The zero-order valence-electron chi connectivity index (χ0n) is 21.5. The van der Waals surface area contributed by atoms with Gasteiger partial charge in [-0.05, 0) is 42.4 Å². The lowest BCUT2D eigenvalue weighted by Gasteiger charge is -2.35. The SMILES string of the molecule is N[C@H](Cc1cc(F)c(F)cc1F)C1CCN(C(=O)CCS(=O)(=O)Cc2ccccc2)CC1.O=C(O)C=CC(=O)O. The smallest absolute Gasteiger partial charge is 0.328 e. The first-order chi connectivity index (χ1) is 18.8. The molecular weight excluding hydrogens is 553 g/mol. The number of aliphatic carboxylic acids is 2. The van der Waals surface area contributed by atoms with Gasteiger partial charge in [-0.3, -0.25) is 4.79 Å². The van der Waals surface area contributed by atoms with E-state index >= 15 is 0 Å². The largest absolute Gasteiger partial charge is 0.478 e. The van der Waals surface area contributed by atoms with Gasteiger partial charge in [0, 0.05) is 43.8 Å². The fourth-order valence-corrected chi connectivity index (χ4v) is 5.49. The van der Waals surface area contributed by atoms with Crippen LogP contribution in [0.25, 0.3) is 0 Å². The number of piperidine rings is 1. The first kappa shape index (κ1) is 32.5. The van der Waals surface area contributed by atoms with Crippen molar-refractivity contribution in [2.24, 2.45) is 11.7 Å². The van der Waals surface area contributed by atoms with Crippen LogP contribution in [-0.2, 0) is 36.4 Å². The van der Waals surface area contributed by atoms with Crippen LogP contribution in [0.1, 0.15) is 30.4 Å². The van der Waals surface area contributed by atoms with Gasteiger partial charge in [-0.15, -0.1) is 0 Å². The zero-order chi connectivity index (χ0) is 29.9. The molecule has 0 saturated carbocycles. The summed E-state index contributed by atoms with van der Waals surface area (Å²) in [6, 6.07) is 9.71. The summed E-state index contributed by atoms with van der Waals surface area (Å²) in [4.78, 5) is 33.2. The third-order valence-electron chi connectivity index (χ3n) is 6.27. The van der Waals surface area contributed by atoms with Gasteiger partial charge in [-0.25, -0.2) is 31.2 Å². The quantitative estimate of drug-likeness (QED) is 0.284. The average molecular weight is 585 g/mol. The molecule has 1 aliphatic rings. The number of nitrogens with zero attached hydrogens (tertiary/aromatic N) is 1. The minimum absolute atomic E-state index is 0.00613. The number of sulfone groups is 1. The minimum atomic E-state index is -3.40. The number of carboxylic acids is 2. The molecule has 1 fully saturated rings. The predicted octanol–water partition coefficient (Wildman–Crippen LogP) is 2.93. The Bertz CT molecular complexity index is 1300.